The maximum atomic E-state index is 12.3. The third-order valence-corrected chi connectivity index (χ3v) is 4.49. The molecule has 6 heteroatoms. The third kappa shape index (κ3) is 4.06. The van der Waals surface area contributed by atoms with Crippen molar-refractivity contribution in [3.05, 3.63) is 76.1 Å². The zero-order valence-corrected chi connectivity index (χ0v) is 15.8. The van der Waals surface area contributed by atoms with Gasteiger partial charge < -0.3 is 10.6 Å². The number of nitrogens with zero attached hydrogens (tertiary/aromatic N) is 2. The number of amides is 2. The second kappa shape index (κ2) is 7.62. The number of hydrogen-bond acceptors (Lipinski definition) is 2. The normalized spacial score (nSPS) is 10.6. The first kappa shape index (κ1) is 18.0. The smallest absolute Gasteiger partial charge is 0.306 e. The summed E-state index contributed by atoms with van der Waals surface area (Å²) >= 11 is 6.08. The van der Waals surface area contributed by atoms with Gasteiger partial charge in [-0.25, -0.2) is 4.79 Å². The van der Waals surface area contributed by atoms with Gasteiger partial charge >= 0.3 is 6.03 Å². The van der Waals surface area contributed by atoms with Crippen LogP contribution in [0.25, 0.3) is 0 Å². The number of halogens is 1. The molecule has 0 saturated carbocycles. The number of hydrogen-bond donors (Lipinski definition) is 2. The van der Waals surface area contributed by atoms with Crippen LogP contribution in [0.3, 0.4) is 0 Å². The van der Waals surface area contributed by atoms with E-state index in [4.69, 9.17) is 11.6 Å². The molecule has 3 rings (SSSR count). The van der Waals surface area contributed by atoms with E-state index in [2.05, 4.69) is 40.9 Å². The highest BCUT2D eigenvalue weighted by Gasteiger charge is 2.15. The number of anilines is 2. The van der Waals surface area contributed by atoms with E-state index in [0.717, 1.165) is 11.4 Å². The molecule has 0 bridgehead atoms. The van der Waals surface area contributed by atoms with Gasteiger partial charge in [0.1, 0.15) is 0 Å². The first-order chi connectivity index (χ1) is 12.4. The number of aryl methyl sites for hydroxylation is 2. The monoisotopic (exact) mass is 368 g/mol. The van der Waals surface area contributed by atoms with Gasteiger partial charge in [0.25, 0.3) is 0 Å². The van der Waals surface area contributed by atoms with Gasteiger partial charge in [0.05, 0.1) is 34.3 Å². The van der Waals surface area contributed by atoms with Gasteiger partial charge in [-0.2, -0.15) is 5.10 Å². The van der Waals surface area contributed by atoms with Gasteiger partial charge in [-0.1, -0.05) is 53.6 Å². The lowest BCUT2D eigenvalue weighted by molar-refractivity contribution is 0.262. The Morgan fingerprint density at radius 3 is 2.58 bits per heavy atom. The van der Waals surface area contributed by atoms with Crippen LogP contribution in [0, 0.1) is 20.8 Å². The lowest BCUT2D eigenvalue weighted by atomic mass is 10.1. The molecule has 1 heterocycles. The molecular formula is C20H21ClN4O. The van der Waals surface area contributed by atoms with Gasteiger partial charge in [-0.05, 0) is 38.5 Å². The van der Waals surface area contributed by atoms with Crippen molar-refractivity contribution < 1.29 is 4.79 Å². The average Bonchev–Trinajstić information content (AvgIpc) is 2.84. The second-order valence-corrected chi connectivity index (χ2v) is 6.66. The summed E-state index contributed by atoms with van der Waals surface area (Å²) in [6.45, 7) is 6.55. The van der Waals surface area contributed by atoms with Crippen molar-refractivity contribution in [2.75, 3.05) is 10.6 Å². The molecular weight excluding hydrogens is 348 g/mol. The number of aromatic nitrogens is 2. The molecule has 0 saturated heterocycles. The first-order valence-corrected chi connectivity index (χ1v) is 8.74. The van der Waals surface area contributed by atoms with E-state index in [-0.39, 0.29) is 6.03 Å². The molecule has 0 radical (unpaired) electrons. The molecule has 0 atom stereocenters. The predicted molar refractivity (Wildman–Crippen MR) is 106 cm³/mol. The van der Waals surface area contributed by atoms with Crippen molar-refractivity contribution in [1.29, 1.82) is 0 Å². The molecule has 134 valence electrons. The topological polar surface area (TPSA) is 59.0 Å². The van der Waals surface area contributed by atoms with Crippen molar-refractivity contribution in [1.82, 2.24) is 9.78 Å². The highest BCUT2D eigenvalue weighted by Crippen LogP contribution is 2.23. The molecule has 26 heavy (non-hydrogen) atoms. The standard InChI is InChI=1S/C20H21ClN4O/c1-13-7-6-8-16(11-13)12-25-15(3)19(14(2)24-25)23-20(26)22-18-10-5-4-9-17(18)21/h4-11H,12H2,1-3H3,(H2,22,23,26). The molecule has 0 unspecified atom stereocenters. The van der Waals surface area contributed by atoms with E-state index in [9.17, 15) is 4.79 Å². The second-order valence-electron chi connectivity index (χ2n) is 6.25. The van der Waals surface area contributed by atoms with E-state index in [1.165, 1.54) is 11.1 Å². The molecule has 0 aliphatic heterocycles. The van der Waals surface area contributed by atoms with Crippen molar-refractivity contribution in [3.63, 3.8) is 0 Å². The van der Waals surface area contributed by atoms with Crippen LogP contribution in [0.15, 0.2) is 48.5 Å². The zero-order chi connectivity index (χ0) is 18.7. The van der Waals surface area contributed by atoms with Gasteiger partial charge in [0.2, 0.25) is 0 Å². The fourth-order valence-electron chi connectivity index (χ4n) is 2.84. The molecule has 3 aromatic rings. The number of carbonyl (C=O) groups excluding carboxylic acids is 1. The molecule has 0 fully saturated rings. The van der Waals surface area contributed by atoms with Gasteiger partial charge in [0, 0.05) is 0 Å². The highest BCUT2D eigenvalue weighted by molar-refractivity contribution is 6.33. The summed E-state index contributed by atoms with van der Waals surface area (Å²) in [5, 5.41) is 10.7. The van der Waals surface area contributed by atoms with E-state index < -0.39 is 0 Å². The zero-order valence-electron chi connectivity index (χ0n) is 15.0. The summed E-state index contributed by atoms with van der Waals surface area (Å²) in [4.78, 5) is 12.3. The van der Waals surface area contributed by atoms with Crippen LogP contribution in [-0.2, 0) is 6.54 Å². The fraction of sp³-hybridized carbons (Fsp3) is 0.200. The quantitative estimate of drug-likeness (QED) is 0.668. The molecule has 1 aromatic heterocycles. The molecule has 0 spiro atoms. The summed E-state index contributed by atoms with van der Waals surface area (Å²) in [5.74, 6) is 0. The van der Waals surface area contributed by atoms with Crippen molar-refractivity contribution in [3.8, 4) is 0 Å². The Balaban J connectivity index is 1.75. The highest BCUT2D eigenvalue weighted by atomic mass is 35.5. The fourth-order valence-corrected chi connectivity index (χ4v) is 3.03. The summed E-state index contributed by atoms with van der Waals surface area (Å²) < 4.78 is 1.90. The van der Waals surface area contributed by atoms with Gasteiger partial charge in [0.15, 0.2) is 0 Å². The first-order valence-electron chi connectivity index (χ1n) is 8.36. The Hall–Kier alpha value is -2.79. The molecule has 5 nitrogen and oxygen atoms in total. The predicted octanol–water partition coefficient (Wildman–Crippen LogP) is 5.15. The largest absolute Gasteiger partial charge is 0.323 e. The van der Waals surface area contributed by atoms with Gasteiger partial charge in [-0.3, -0.25) is 4.68 Å². The summed E-state index contributed by atoms with van der Waals surface area (Å²) in [7, 11) is 0. The summed E-state index contributed by atoms with van der Waals surface area (Å²) in [6, 6.07) is 15.1. The molecule has 2 N–H and O–H groups in total. The lowest BCUT2D eigenvalue weighted by Gasteiger charge is -2.10. The van der Waals surface area contributed by atoms with Crippen LogP contribution in [0.2, 0.25) is 5.02 Å². The minimum atomic E-state index is -0.348. The van der Waals surface area contributed by atoms with E-state index in [0.29, 0.717) is 22.9 Å². The Labute approximate surface area is 158 Å². The molecule has 0 aliphatic carbocycles. The average molecular weight is 369 g/mol. The Bertz CT molecular complexity index is 949. The maximum Gasteiger partial charge on any atom is 0.323 e. The lowest BCUT2D eigenvalue weighted by Crippen LogP contribution is -2.20. The van der Waals surface area contributed by atoms with Crippen molar-refractivity contribution in [2.45, 2.75) is 27.3 Å². The van der Waals surface area contributed by atoms with Crippen molar-refractivity contribution >= 4 is 29.0 Å². The summed E-state index contributed by atoms with van der Waals surface area (Å²) in [6.07, 6.45) is 0. The molecule has 2 amide bonds. The Kier molecular flexibility index (Phi) is 5.28. The number of urea groups is 1. The number of para-hydroxylation sites is 1. The van der Waals surface area contributed by atoms with Gasteiger partial charge in [-0.15, -0.1) is 0 Å². The Morgan fingerprint density at radius 2 is 1.85 bits per heavy atom. The van der Waals surface area contributed by atoms with Crippen LogP contribution in [0.5, 0.6) is 0 Å². The van der Waals surface area contributed by atoms with Crippen LogP contribution >= 0.6 is 11.6 Å². The van der Waals surface area contributed by atoms with Crippen LogP contribution in [0.1, 0.15) is 22.5 Å². The number of nitrogens with one attached hydrogen (secondary N) is 2. The van der Waals surface area contributed by atoms with Crippen molar-refractivity contribution in [2.24, 2.45) is 0 Å². The van der Waals surface area contributed by atoms with Crippen LogP contribution in [-0.4, -0.2) is 15.8 Å². The van der Waals surface area contributed by atoms with E-state index >= 15 is 0 Å². The van der Waals surface area contributed by atoms with E-state index in [1.807, 2.05) is 36.7 Å². The third-order valence-electron chi connectivity index (χ3n) is 4.16. The van der Waals surface area contributed by atoms with E-state index in [1.54, 1.807) is 12.1 Å². The number of rotatable bonds is 4. The molecule has 2 aromatic carbocycles. The minimum Gasteiger partial charge on any atom is -0.306 e. The van der Waals surface area contributed by atoms with Crippen LogP contribution in [0.4, 0.5) is 16.2 Å². The number of carbonyl (C=O) groups is 1. The minimum absolute atomic E-state index is 0.348. The summed E-state index contributed by atoms with van der Waals surface area (Å²) in [5.41, 5.74) is 5.32. The Morgan fingerprint density at radius 1 is 1.08 bits per heavy atom. The number of benzene rings is 2. The SMILES string of the molecule is Cc1cccc(Cn2nc(C)c(NC(=O)Nc3ccccc3Cl)c2C)c1. The maximum absolute atomic E-state index is 12.3. The molecule has 0 aliphatic rings. The van der Waals surface area contributed by atoms with Crippen LogP contribution < -0.4 is 10.6 Å².